The number of H-pyrrole nitrogens is 1. The topological polar surface area (TPSA) is 104 Å². The Balaban J connectivity index is 1.67. The van der Waals surface area contributed by atoms with Crippen LogP contribution in [0, 0.1) is 6.92 Å². The van der Waals surface area contributed by atoms with Gasteiger partial charge < -0.3 is 15.6 Å². The van der Waals surface area contributed by atoms with Gasteiger partial charge in [0.2, 0.25) is 5.91 Å². The van der Waals surface area contributed by atoms with Crippen LogP contribution in [0.2, 0.25) is 5.02 Å². The molecule has 1 aromatic heterocycles. The summed E-state index contributed by atoms with van der Waals surface area (Å²) in [6.07, 6.45) is 2.19. The monoisotopic (exact) mass is 456 g/mol. The molecule has 0 fully saturated rings. The Morgan fingerprint density at radius 3 is 2.32 bits per heavy atom. The molecule has 9 heteroatoms. The van der Waals surface area contributed by atoms with Crippen molar-refractivity contribution in [2.75, 3.05) is 16.9 Å². The van der Waals surface area contributed by atoms with Crippen molar-refractivity contribution in [2.24, 2.45) is 0 Å². The quantitative estimate of drug-likeness (QED) is 0.363. The molecule has 0 aliphatic rings. The van der Waals surface area contributed by atoms with E-state index in [4.69, 9.17) is 11.6 Å². The Hall–Kier alpha value is -3.10. The zero-order valence-corrected chi connectivity index (χ0v) is 18.6. The predicted octanol–water partition coefficient (Wildman–Crippen LogP) is 4.28. The molecule has 0 aliphatic heterocycles. The summed E-state index contributed by atoms with van der Waals surface area (Å²) in [5.41, 5.74) is 2.24. The molecule has 7 nitrogen and oxygen atoms in total. The van der Waals surface area contributed by atoms with Crippen LogP contribution in [0.3, 0.4) is 0 Å². The number of rotatable bonds is 7. The van der Waals surface area contributed by atoms with E-state index in [1.807, 2.05) is 6.26 Å². The van der Waals surface area contributed by atoms with Gasteiger partial charge in [-0.2, -0.15) is 0 Å². The van der Waals surface area contributed by atoms with Crippen molar-refractivity contribution < 1.29 is 9.59 Å². The maximum Gasteiger partial charge on any atom is 0.255 e. The predicted molar refractivity (Wildman–Crippen MR) is 124 cm³/mol. The van der Waals surface area contributed by atoms with Crippen molar-refractivity contribution in [2.45, 2.75) is 24.9 Å². The molecule has 0 unspecified atom stereocenters. The molecular weight excluding hydrogens is 436 g/mol. The van der Waals surface area contributed by atoms with Crippen molar-refractivity contribution in [1.29, 1.82) is 0 Å². The molecule has 3 rings (SSSR count). The van der Waals surface area contributed by atoms with Gasteiger partial charge in [0.25, 0.3) is 11.5 Å². The smallest absolute Gasteiger partial charge is 0.255 e. The number of amides is 2. The Morgan fingerprint density at radius 1 is 1.06 bits per heavy atom. The van der Waals surface area contributed by atoms with Crippen LogP contribution in [-0.4, -0.2) is 28.0 Å². The van der Waals surface area contributed by atoms with Gasteiger partial charge in [0.1, 0.15) is 0 Å². The van der Waals surface area contributed by atoms with Crippen molar-refractivity contribution in [3.05, 3.63) is 80.7 Å². The minimum atomic E-state index is -0.319. The molecule has 2 amide bonds. The lowest BCUT2D eigenvalue weighted by molar-refractivity contribution is -0.116. The van der Waals surface area contributed by atoms with Crippen molar-refractivity contribution in [3.63, 3.8) is 0 Å². The minimum Gasteiger partial charge on any atom is -0.324 e. The van der Waals surface area contributed by atoms with E-state index in [0.29, 0.717) is 38.4 Å². The third kappa shape index (κ3) is 5.96. The number of hydrogen-bond donors (Lipinski definition) is 3. The lowest BCUT2D eigenvalue weighted by atomic mass is 10.1. The number of para-hydroxylation sites is 2. The largest absolute Gasteiger partial charge is 0.324 e. The van der Waals surface area contributed by atoms with Crippen LogP contribution >= 0.6 is 23.4 Å². The van der Waals surface area contributed by atoms with Crippen LogP contribution in [0.15, 0.2) is 58.5 Å². The van der Waals surface area contributed by atoms with Gasteiger partial charge in [0, 0.05) is 28.3 Å². The van der Waals surface area contributed by atoms with Crippen LogP contribution in [0.1, 0.15) is 28.0 Å². The molecule has 0 saturated heterocycles. The normalized spacial score (nSPS) is 10.5. The summed E-state index contributed by atoms with van der Waals surface area (Å²) in [7, 11) is 0. The highest BCUT2D eigenvalue weighted by molar-refractivity contribution is 7.98. The number of carbonyl (C=O) groups is 2. The maximum absolute atomic E-state index is 12.5. The Labute approximate surface area is 188 Å². The summed E-state index contributed by atoms with van der Waals surface area (Å²) in [5, 5.41) is 6.67. The summed E-state index contributed by atoms with van der Waals surface area (Å²) in [6.45, 7) is 1.75. The van der Waals surface area contributed by atoms with E-state index in [9.17, 15) is 14.4 Å². The van der Waals surface area contributed by atoms with Gasteiger partial charge in [-0.3, -0.25) is 14.4 Å². The van der Waals surface area contributed by atoms with Crippen LogP contribution in [-0.2, 0) is 11.2 Å². The third-order valence-corrected chi connectivity index (χ3v) is 5.38. The SMILES string of the molecule is CSc1nc(C)c(CCC(=O)Nc2ccccc2NC(=O)c2ccc(Cl)cc2)c(=O)[nH]1. The van der Waals surface area contributed by atoms with Crippen molar-refractivity contribution >= 4 is 46.6 Å². The average molecular weight is 457 g/mol. The Bertz CT molecular complexity index is 1160. The number of aromatic amines is 1. The summed E-state index contributed by atoms with van der Waals surface area (Å²) < 4.78 is 0. The van der Waals surface area contributed by atoms with E-state index < -0.39 is 0 Å². The number of halogens is 1. The first kappa shape index (κ1) is 22.6. The number of anilines is 2. The van der Waals surface area contributed by atoms with Gasteiger partial charge in [-0.1, -0.05) is 35.5 Å². The van der Waals surface area contributed by atoms with Gasteiger partial charge in [-0.15, -0.1) is 0 Å². The van der Waals surface area contributed by atoms with Gasteiger partial charge in [-0.05, 0) is 56.0 Å². The van der Waals surface area contributed by atoms with Gasteiger partial charge in [0.15, 0.2) is 5.16 Å². The fourth-order valence-electron chi connectivity index (χ4n) is 2.92. The molecule has 0 radical (unpaired) electrons. The summed E-state index contributed by atoms with van der Waals surface area (Å²) >= 11 is 7.21. The Kier molecular flexibility index (Phi) is 7.49. The van der Waals surface area contributed by atoms with Crippen molar-refractivity contribution in [3.8, 4) is 0 Å². The van der Waals surface area contributed by atoms with Gasteiger partial charge in [0.05, 0.1) is 11.4 Å². The van der Waals surface area contributed by atoms with E-state index in [-0.39, 0.29) is 30.2 Å². The standard InChI is InChI=1S/C22H21ClN4O3S/c1-13-16(21(30)27-22(24-13)31-2)11-12-19(28)25-17-5-3-4-6-18(17)26-20(29)14-7-9-15(23)10-8-14/h3-10H,11-12H2,1-2H3,(H,25,28)(H,26,29)(H,24,27,30). The molecule has 2 aromatic carbocycles. The molecule has 31 heavy (non-hydrogen) atoms. The maximum atomic E-state index is 12.5. The molecule has 0 spiro atoms. The second-order valence-electron chi connectivity index (χ2n) is 6.69. The molecule has 3 aromatic rings. The first-order chi connectivity index (χ1) is 14.9. The number of aryl methyl sites for hydroxylation is 1. The third-order valence-electron chi connectivity index (χ3n) is 4.55. The van der Waals surface area contributed by atoms with Crippen LogP contribution in [0.5, 0.6) is 0 Å². The van der Waals surface area contributed by atoms with E-state index >= 15 is 0 Å². The molecule has 3 N–H and O–H groups in total. The summed E-state index contributed by atoms with van der Waals surface area (Å²) in [6, 6.07) is 13.4. The number of aromatic nitrogens is 2. The second kappa shape index (κ2) is 10.3. The fraction of sp³-hybridized carbons (Fsp3) is 0.182. The molecule has 0 bridgehead atoms. The fourth-order valence-corrected chi connectivity index (χ4v) is 3.47. The van der Waals surface area contributed by atoms with E-state index in [1.54, 1.807) is 55.5 Å². The highest BCUT2D eigenvalue weighted by Gasteiger charge is 2.13. The zero-order chi connectivity index (χ0) is 22.4. The molecule has 0 saturated carbocycles. The van der Waals surface area contributed by atoms with Crippen molar-refractivity contribution in [1.82, 2.24) is 9.97 Å². The molecule has 1 heterocycles. The molecule has 0 atom stereocenters. The molecule has 160 valence electrons. The minimum absolute atomic E-state index is 0.101. The number of hydrogen-bond acceptors (Lipinski definition) is 5. The van der Waals surface area contributed by atoms with Crippen LogP contribution in [0.4, 0.5) is 11.4 Å². The average Bonchev–Trinajstić information content (AvgIpc) is 2.74. The molecular formula is C22H21ClN4O3S. The summed E-state index contributed by atoms with van der Waals surface area (Å²) in [4.78, 5) is 44.2. The first-order valence-electron chi connectivity index (χ1n) is 9.47. The highest BCUT2D eigenvalue weighted by Crippen LogP contribution is 2.22. The van der Waals surface area contributed by atoms with Gasteiger partial charge in [-0.25, -0.2) is 4.98 Å². The van der Waals surface area contributed by atoms with E-state index in [0.717, 1.165) is 0 Å². The Morgan fingerprint density at radius 2 is 1.71 bits per heavy atom. The van der Waals surface area contributed by atoms with Crippen LogP contribution < -0.4 is 16.2 Å². The number of nitrogens with zero attached hydrogens (tertiary/aromatic N) is 1. The zero-order valence-electron chi connectivity index (χ0n) is 17.0. The van der Waals surface area contributed by atoms with E-state index in [1.165, 1.54) is 11.8 Å². The first-order valence-corrected chi connectivity index (χ1v) is 11.1. The number of carbonyl (C=O) groups excluding carboxylic acids is 2. The lowest BCUT2D eigenvalue weighted by Crippen LogP contribution is -2.21. The number of nitrogens with one attached hydrogen (secondary N) is 3. The number of thioether (sulfide) groups is 1. The van der Waals surface area contributed by atoms with Gasteiger partial charge >= 0.3 is 0 Å². The second-order valence-corrected chi connectivity index (χ2v) is 7.93. The van der Waals surface area contributed by atoms with Crippen LogP contribution in [0.25, 0.3) is 0 Å². The lowest BCUT2D eigenvalue weighted by Gasteiger charge is -2.13. The number of benzene rings is 2. The molecule has 0 aliphatic carbocycles. The summed E-state index contributed by atoms with van der Waals surface area (Å²) in [5.74, 6) is -0.596. The van der Waals surface area contributed by atoms with E-state index in [2.05, 4.69) is 20.6 Å². The highest BCUT2D eigenvalue weighted by atomic mass is 35.5.